The molecular weight excluding hydrogens is 253 g/mol. The Bertz CT molecular complexity index is 320. The second-order valence-corrected chi connectivity index (χ2v) is 4.13. The lowest BCUT2D eigenvalue weighted by molar-refractivity contribution is -0.148. The van der Waals surface area contributed by atoms with Crippen molar-refractivity contribution in [3.8, 4) is 0 Å². The van der Waals surface area contributed by atoms with Gasteiger partial charge in [-0.05, 0) is 0 Å². The van der Waals surface area contributed by atoms with Crippen LogP contribution in [-0.2, 0) is 14.3 Å². The summed E-state index contributed by atoms with van der Waals surface area (Å²) in [6.07, 6.45) is -6.43. The first-order chi connectivity index (χ1) is 8.28. The molecule has 1 aliphatic rings. The third-order valence-corrected chi connectivity index (χ3v) is 2.51. The average molecular weight is 268 g/mol. The second-order valence-electron chi connectivity index (χ2n) is 4.13. The van der Waals surface area contributed by atoms with Crippen LogP contribution in [0.1, 0.15) is 12.8 Å². The Hall–Kier alpha value is -1.31. The number of amides is 2. The number of hydrogen-bond donors (Lipinski definition) is 1. The van der Waals surface area contributed by atoms with E-state index in [1.54, 1.807) is 7.05 Å². The molecule has 0 spiro atoms. The maximum atomic E-state index is 11.9. The molecule has 0 bridgehead atoms. The molecule has 1 N–H and O–H groups in total. The molecule has 1 heterocycles. The van der Waals surface area contributed by atoms with Crippen molar-refractivity contribution in [3.63, 3.8) is 0 Å². The highest BCUT2D eigenvalue weighted by atomic mass is 19.4. The molecule has 18 heavy (non-hydrogen) atoms. The van der Waals surface area contributed by atoms with Crippen LogP contribution in [0, 0.1) is 0 Å². The number of morpholine rings is 1. The van der Waals surface area contributed by atoms with E-state index in [1.807, 2.05) is 0 Å². The summed E-state index contributed by atoms with van der Waals surface area (Å²) in [6, 6.07) is 0. The highest BCUT2D eigenvalue weighted by Gasteiger charge is 2.28. The van der Waals surface area contributed by atoms with Gasteiger partial charge in [-0.15, -0.1) is 0 Å². The van der Waals surface area contributed by atoms with Crippen LogP contribution in [-0.4, -0.2) is 55.7 Å². The SMILES string of the molecule is CN1C[C@H](CNC(=O)CCC(F)(F)F)OCC1=O. The molecule has 0 radical (unpaired) electrons. The molecule has 1 atom stereocenters. The van der Waals surface area contributed by atoms with Gasteiger partial charge in [-0.25, -0.2) is 0 Å². The Morgan fingerprint density at radius 1 is 1.56 bits per heavy atom. The zero-order valence-electron chi connectivity index (χ0n) is 9.92. The third kappa shape index (κ3) is 5.35. The minimum Gasteiger partial charge on any atom is -0.365 e. The summed E-state index contributed by atoms with van der Waals surface area (Å²) >= 11 is 0. The van der Waals surface area contributed by atoms with E-state index < -0.39 is 24.9 Å². The summed E-state index contributed by atoms with van der Waals surface area (Å²) in [5, 5.41) is 2.36. The van der Waals surface area contributed by atoms with Gasteiger partial charge in [-0.3, -0.25) is 9.59 Å². The number of nitrogens with one attached hydrogen (secondary N) is 1. The minimum atomic E-state index is -4.33. The van der Waals surface area contributed by atoms with Crippen molar-refractivity contribution >= 4 is 11.8 Å². The molecule has 8 heteroatoms. The monoisotopic (exact) mass is 268 g/mol. The van der Waals surface area contributed by atoms with Crippen molar-refractivity contribution in [1.82, 2.24) is 10.2 Å². The standard InChI is InChI=1S/C10H15F3N2O3/c1-15-5-7(18-6-9(15)17)4-14-8(16)2-3-10(11,12)13/h7H,2-6H2,1H3,(H,14,16)/t7-/m0/s1. The molecule has 1 fully saturated rings. The van der Waals surface area contributed by atoms with Crippen molar-refractivity contribution in [1.29, 1.82) is 0 Å². The van der Waals surface area contributed by atoms with E-state index in [9.17, 15) is 22.8 Å². The van der Waals surface area contributed by atoms with Gasteiger partial charge in [0.25, 0.3) is 0 Å². The molecule has 0 aromatic carbocycles. The van der Waals surface area contributed by atoms with Crippen LogP contribution in [0.5, 0.6) is 0 Å². The lowest BCUT2D eigenvalue weighted by Crippen LogP contribution is -2.48. The van der Waals surface area contributed by atoms with Gasteiger partial charge in [-0.1, -0.05) is 0 Å². The molecule has 0 aromatic rings. The van der Waals surface area contributed by atoms with E-state index in [0.717, 1.165) is 0 Å². The van der Waals surface area contributed by atoms with Gasteiger partial charge >= 0.3 is 6.18 Å². The summed E-state index contributed by atoms with van der Waals surface area (Å²) in [6.45, 7) is 0.353. The van der Waals surface area contributed by atoms with Gasteiger partial charge in [0.1, 0.15) is 6.61 Å². The molecular formula is C10H15F3N2O3. The summed E-state index contributed by atoms with van der Waals surface area (Å²) in [5.41, 5.74) is 0. The lowest BCUT2D eigenvalue weighted by Gasteiger charge is -2.29. The van der Waals surface area contributed by atoms with Gasteiger partial charge < -0.3 is 15.0 Å². The Morgan fingerprint density at radius 2 is 2.22 bits per heavy atom. The van der Waals surface area contributed by atoms with Crippen molar-refractivity contribution in [3.05, 3.63) is 0 Å². The lowest BCUT2D eigenvalue weighted by atomic mass is 10.2. The maximum Gasteiger partial charge on any atom is 0.389 e. The Morgan fingerprint density at radius 3 is 2.78 bits per heavy atom. The fraction of sp³-hybridized carbons (Fsp3) is 0.800. The van der Waals surface area contributed by atoms with E-state index in [-0.39, 0.29) is 25.2 Å². The van der Waals surface area contributed by atoms with E-state index in [4.69, 9.17) is 4.74 Å². The molecule has 0 aromatic heterocycles. The van der Waals surface area contributed by atoms with Gasteiger partial charge in [-0.2, -0.15) is 13.2 Å². The highest BCUT2D eigenvalue weighted by molar-refractivity contribution is 5.78. The third-order valence-electron chi connectivity index (χ3n) is 2.51. The van der Waals surface area contributed by atoms with Crippen LogP contribution in [0.4, 0.5) is 13.2 Å². The largest absolute Gasteiger partial charge is 0.389 e. The number of nitrogens with zero attached hydrogens (tertiary/aromatic N) is 1. The fourth-order valence-electron chi connectivity index (χ4n) is 1.45. The number of carbonyl (C=O) groups is 2. The Balaban J connectivity index is 2.21. The fourth-order valence-corrected chi connectivity index (χ4v) is 1.45. The average Bonchev–Trinajstić information content (AvgIpc) is 2.27. The number of rotatable bonds is 4. The summed E-state index contributed by atoms with van der Waals surface area (Å²) in [5.74, 6) is -0.829. The first-order valence-electron chi connectivity index (χ1n) is 5.47. The molecule has 0 aliphatic carbocycles. The van der Waals surface area contributed by atoms with Gasteiger partial charge in [0.05, 0.1) is 12.5 Å². The normalized spacial score (nSPS) is 21.0. The van der Waals surface area contributed by atoms with Gasteiger partial charge in [0.2, 0.25) is 11.8 Å². The molecule has 2 amide bonds. The van der Waals surface area contributed by atoms with E-state index in [2.05, 4.69) is 5.32 Å². The Labute approximate surface area is 102 Å². The molecule has 5 nitrogen and oxygen atoms in total. The quantitative estimate of drug-likeness (QED) is 0.798. The molecule has 0 unspecified atom stereocenters. The smallest absolute Gasteiger partial charge is 0.365 e. The molecule has 0 saturated carbocycles. The van der Waals surface area contributed by atoms with Crippen LogP contribution in [0.2, 0.25) is 0 Å². The van der Waals surface area contributed by atoms with E-state index >= 15 is 0 Å². The van der Waals surface area contributed by atoms with Crippen LogP contribution in [0.25, 0.3) is 0 Å². The summed E-state index contributed by atoms with van der Waals surface area (Å²) in [7, 11) is 1.60. The Kier molecular flexibility index (Phi) is 4.94. The van der Waals surface area contributed by atoms with Crippen LogP contribution >= 0.6 is 0 Å². The van der Waals surface area contributed by atoms with E-state index in [0.29, 0.717) is 6.54 Å². The number of ether oxygens (including phenoxy) is 1. The zero-order chi connectivity index (χ0) is 13.8. The maximum absolute atomic E-state index is 11.9. The zero-order valence-corrected chi connectivity index (χ0v) is 9.92. The summed E-state index contributed by atoms with van der Waals surface area (Å²) < 4.78 is 40.7. The predicted octanol–water partition coefficient (Wildman–Crippen LogP) is 0.302. The molecule has 104 valence electrons. The van der Waals surface area contributed by atoms with Crippen LogP contribution in [0.15, 0.2) is 0 Å². The van der Waals surface area contributed by atoms with Crippen molar-refractivity contribution in [2.24, 2.45) is 0 Å². The number of carbonyl (C=O) groups excluding carboxylic acids is 2. The topological polar surface area (TPSA) is 58.6 Å². The predicted molar refractivity (Wildman–Crippen MR) is 55.7 cm³/mol. The van der Waals surface area contributed by atoms with Crippen molar-refractivity contribution in [2.45, 2.75) is 25.1 Å². The molecule has 1 saturated heterocycles. The minimum absolute atomic E-state index is 0.0699. The number of likely N-dealkylation sites (N-methyl/N-ethyl adjacent to an activating group) is 1. The number of halogens is 3. The van der Waals surface area contributed by atoms with Crippen LogP contribution < -0.4 is 5.32 Å². The van der Waals surface area contributed by atoms with E-state index in [1.165, 1.54) is 4.90 Å². The van der Waals surface area contributed by atoms with Crippen molar-refractivity contribution < 1.29 is 27.5 Å². The van der Waals surface area contributed by atoms with Crippen LogP contribution in [0.3, 0.4) is 0 Å². The second kappa shape index (κ2) is 6.03. The van der Waals surface area contributed by atoms with Gasteiger partial charge in [0, 0.05) is 26.6 Å². The number of alkyl halides is 3. The first kappa shape index (κ1) is 14.7. The van der Waals surface area contributed by atoms with Gasteiger partial charge in [0.15, 0.2) is 0 Å². The summed E-state index contributed by atoms with van der Waals surface area (Å²) in [4.78, 5) is 23.7. The number of hydrogen-bond acceptors (Lipinski definition) is 3. The highest BCUT2D eigenvalue weighted by Crippen LogP contribution is 2.20. The molecule has 1 rings (SSSR count). The first-order valence-corrected chi connectivity index (χ1v) is 5.47. The van der Waals surface area contributed by atoms with Crippen molar-refractivity contribution in [2.75, 3.05) is 26.7 Å². The molecule has 1 aliphatic heterocycles.